The zero-order chi connectivity index (χ0) is 57.1. The van der Waals surface area contributed by atoms with Crippen LogP contribution in [0.25, 0.3) is 0 Å². The van der Waals surface area contributed by atoms with Gasteiger partial charge in [-0.2, -0.15) is 0 Å². The largest absolute Gasteiger partial charge is 0.462 e. The van der Waals surface area contributed by atoms with Gasteiger partial charge in [-0.1, -0.05) is 292 Å². The number of esters is 3. The van der Waals surface area contributed by atoms with Gasteiger partial charge in [0.2, 0.25) is 0 Å². The Balaban J connectivity index is 4.26. The highest BCUT2D eigenvalue weighted by molar-refractivity contribution is 5.71. The van der Waals surface area contributed by atoms with E-state index >= 15 is 0 Å². The van der Waals surface area contributed by atoms with Gasteiger partial charge in [-0.25, -0.2) is 0 Å². The summed E-state index contributed by atoms with van der Waals surface area (Å²) >= 11 is 0. The lowest BCUT2D eigenvalue weighted by Gasteiger charge is -2.18. The predicted octanol–water partition coefficient (Wildman–Crippen LogP) is 23.4. The van der Waals surface area contributed by atoms with Crippen LogP contribution in [0.1, 0.15) is 342 Å². The van der Waals surface area contributed by atoms with E-state index < -0.39 is 6.10 Å². The van der Waals surface area contributed by atoms with Gasteiger partial charge in [-0.15, -0.1) is 0 Å². The lowest BCUT2D eigenvalue weighted by Crippen LogP contribution is -2.30. The standard InChI is InChI=1S/C73H128O6/c1-4-7-10-13-16-19-22-25-28-31-32-33-34-35-36-37-38-39-40-41-42-43-46-48-51-54-57-60-63-66-72(75)78-69-70(79-73(76)67-64-61-58-55-52-49-45-30-27-24-21-18-15-12-9-6-3)68-77-71(74)65-62-59-56-53-50-47-44-29-26-23-20-17-14-11-8-5-2/h7,10,16,19,21,24-25,28-30,32-33,44-45,70H,4-6,8-9,11-15,17-18,20,22-23,26-27,31,34-43,46-69H2,1-3H3/b10-7-,19-16-,24-21-,28-25-,33-32-,44-29-,45-30-. The SMILES string of the molecule is CC/C=C\C/C=C\C/C=C\C/C=C\CCCCCCCCCCCCCCCCCCC(=O)OCC(COC(=O)CCCCCCC/C=C\CCCCCCCCC)OC(=O)CCCCCCC/C=C\C/C=C\CCCCCC. The molecular formula is C73H128O6. The third kappa shape index (κ3) is 65.3. The molecule has 79 heavy (non-hydrogen) atoms. The Bertz CT molecular complexity index is 1500. The maximum atomic E-state index is 12.9. The smallest absolute Gasteiger partial charge is 0.306 e. The third-order valence-electron chi connectivity index (χ3n) is 14.9. The average molecular weight is 1100 g/mol. The van der Waals surface area contributed by atoms with Crippen LogP contribution in [0.15, 0.2) is 85.1 Å². The first-order valence-electron chi connectivity index (χ1n) is 34.1. The highest BCUT2D eigenvalue weighted by atomic mass is 16.6. The van der Waals surface area contributed by atoms with Gasteiger partial charge in [-0.05, 0) is 116 Å². The molecule has 0 bridgehead atoms. The molecular weight excluding hydrogens is 973 g/mol. The number of unbranched alkanes of at least 4 members (excludes halogenated alkanes) is 37. The van der Waals surface area contributed by atoms with Crippen molar-refractivity contribution >= 4 is 17.9 Å². The van der Waals surface area contributed by atoms with Gasteiger partial charge < -0.3 is 14.2 Å². The van der Waals surface area contributed by atoms with Gasteiger partial charge >= 0.3 is 17.9 Å². The molecule has 0 aliphatic rings. The summed E-state index contributed by atoms with van der Waals surface area (Å²) in [7, 11) is 0. The molecule has 6 nitrogen and oxygen atoms in total. The lowest BCUT2D eigenvalue weighted by atomic mass is 10.0. The predicted molar refractivity (Wildman–Crippen MR) is 344 cm³/mol. The van der Waals surface area contributed by atoms with E-state index in [1.807, 2.05) is 0 Å². The number of hydrogen-bond acceptors (Lipinski definition) is 6. The Morgan fingerprint density at radius 1 is 0.266 bits per heavy atom. The molecule has 0 aromatic heterocycles. The Labute approximate surface area is 490 Å². The van der Waals surface area contributed by atoms with Crippen LogP contribution in [0, 0.1) is 0 Å². The first-order chi connectivity index (χ1) is 39.0. The Kier molecular flexibility index (Phi) is 64.2. The van der Waals surface area contributed by atoms with Gasteiger partial charge in [0, 0.05) is 19.3 Å². The summed E-state index contributed by atoms with van der Waals surface area (Å²) in [6.07, 6.45) is 88.9. The lowest BCUT2D eigenvalue weighted by molar-refractivity contribution is -0.167. The summed E-state index contributed by atoms with van der Waals surface area (Å²) in [5.74, 6) is -0.888. The minimum absolute atomic E-state index is 0.0820. The van der Waals surface area contributed by atoms with Crippen molar-refractivity contribution in [3.8, 4) is 0 Å². The number of ether oxygens (including phenoxy) is 3. The minimum atomic E-state index is -0.787. The van der Waals surface area contributed by atoms with E-state index in [0.717, 1.165) is 116 Å². The highest BCUT2D eigenvalue weighted by Gasteiger charge is 2.19. The van der Waals surface area contributed by atoms with E-state index in [4.69, 9.17) is 14.2 Å². The molecule has 0 aromatic rings. The molecule has 0 heterocycles. The fourth-order valence-electron chi connectivity index (χ4n) is 9.76. The average Bonchev–Trinajstić information content (AvgIpc) is 3.45. The fourth-order valence-corrected chi connectivity index (χ4v) is 9.76. The van der Waals surface area contributed by atoms with Crippen molar-refractivity contribution in [3.05, 3.63) is 85.1 Å². The molecule has 0 aliphatic heterocycles. The molecule has 0 amide bonds. The van der Waals surface area contributed by atoms with Crippen LogP contribution in [0.2, 0.25) is 0 Å². The summed E-state index contributed by atoms with van der Waals surface area (Å²) in [4.78, 5) is 38.4. The second kappa shape index (κ2) is 67.1. The second-order valence-electron chi connectivity index (χ2n) is 22.7. The molecule has 0 saturated carbocycles. The summed E-state index contributed by atoms with van der Waals surface area (Å²) in [6.45, 7) is 6.53. The monoisotopic (exact) mass is 1100 g/mol. The molecule has 0 saturated heterocycles. The van der Waals surface area contributed by atoms with Crippen molar-refractivity contribution in [2.45, 2.75) is 348 Å². The van der Waals surface area contributed by atoms with Crippen LogP contribution in [0.5, 0.6) is 0 Å². The molecule has 0 aliphatic carbocycles. The van der Waals surface area contributed by atoms with E-state index in [1.165, 1.54) is 186 Å². The summed E-state index contributed by atoms with van der Waals surface area (Å²) in [6, 6.07) is 0. The Morgan fingerprint density at radius 3 is 0.797 bits per heavy atom. The van der Waals surface area contributed by atoms with E-state index in [1.54, 1.807) is 0 Å². The number of rotatable bonds is 62. The first-order valence-corrected chi connectivity index (χ1v) is 34.1. The molecule has 0 rings (SSSR count). The molecule has 0 aromatic carbocycles. The van der Waals surface area contributed by atoms with E-state index in [9.17, 15) is 14.4 Å². The van der Waals surface area contributed by atoms with Crippen LogP contribution in [0.4, 0.5) is 0 Å². The highest BCUT2D eigenvalue weighted by Crippen LogP contribution is 2.17. The van der Waals surface area contributed by atoms with Crippen molar-refractivity contribution < 1.29 is 28.6 Å². The quantitative estimate of drug-likeness (QED) is 0.0261. The van der Waals surface area contributed by atoms with Gasteiger partial charge in [0.05, 0.1) is 0 Å². The number of carbonyl (C=O) groups excluding carboxylic acids is 3. The summed E-state index contributed by atoms with van der Waals surface area (Å²) < 4.78 is 16.9. The maximum absolute atomic E-state index is 12.9. The van der Waals surface area contributed by atoms with Gasteiger partial charge in [-0.3, -0.25) is 14.4 Å². The topological polar surface area (TPSA) is 78.9 Å². The molecule has 0 N–H and O–H groups in total. The maximum Gasteiger partial charge on any atom is 0.306 e. The van der Waals surface area contributed by atoms with Crippen LogP contribution in [0.3, 0.4) is 0 Å². The first kappa shape index (κ1) is 75.6. The van der Waals surface area contributed by atoms with Crippen molar-refractivity contribution in [2.24, 2.45) is 0 Å². The molecule has 0 radical (unpaired) electrons. The van der Waals surface area contributed by atoms with Crippen LogP contribution >= 0.6 is 0 Å². The van der Waals surface area contributed by atoms with Gasteiger partial charge in [0.1, 0.15) is 13.2 Å². The zero-order valence-corrected chi connectivity index (χ0v) is 52.4. The molecule has 0 spiro atoms. The summed E-state index contributed by atoms with van der Waals surface area (Å²) in [5.41, 5.74) is 0. The van der Waals surface area contributed by atoms with E-state index in [0.29, 0.717) is 19.3 Å². The third-order valence-corrected chi connectivity index (χ3v) is 14.9. The summed E-state index contributed by atoms with van der Waals surface area (Å²) in [5, 5.41) is 0. The van der Waals surface area contributed by atoms with Crippen molar-refractivity contribution in [1.29, 1.82) is 0 Å². The van der Waals surface area contributed by atoms with E-state index in [-0.39, 0.29) is 31.1 Å². The Hall–Kier alpha value is -3.41. The molecule has 6 heteroatoms. The Morgan fingerprint density at radius 2 is 0.494 bits per heavy atom. The van der Waals surface area contributed by atoms with Crippen molar-refractivity contribution in [2.75, 3.05) is 13.2 Å². The normalized spacial score (nSPS) is 12.6. The van der Waals surface area contributed by atoms with E-state index in [2.05, 4.69) is 106 Å². The minimum Gasteiger partial charge on any atom is -0.462 e. The molecule has 1 atom stereocenters. The van der Waals surface area contributed by atoms with Gasteiger partial charge in [0.15, 0.2) is 6.10 Å². The molecule has 0 fully saturated rings. The zero-order valence-electron chi connectivity index (χ0n) is 52.4. The molecule has 456 valence electrons. The number of allylic oxidation sites excluding steroid dienone is 14. The molecule has 1 unspecified atom stereocenters. The van der Waals surface area contributed by atoms with Crippen LogP contribution in [-0.2, 0) is 28.6 Å². The van der Waals surface area contributed by atoms with Gasteiger partial charge in [0.25, 0.3) is 0 Å². The second-order valence-corrected chi connectivity index (χ2v) is 22.7. The van der Waals surface area contributed by atoms with Crippen LogP contribution in [-0.4, -0.2) is 37.2 Å². The number of carbonyl (C=O) groups is 3. The van der Waals surface area contributed by atoms with Crippen molar-refractivity contribution in [1.82, 2.24) is 0 Å². The van der Waals surface area contributed by atoms with Crippen molar-refractivity contribution in [3.63, 3.8) is 0 Å². The number of hydrogen-bond donors (Lipinski definition) is 0. The fraction of sp³-hybridized carbons (Fsp3) is 0.767. The van der Waals surface area contributed by atoms with Crippen LogP contribution < -0.4 is 0 Å².